The summed E-state index contributed by atoms with van der Waals surface area (Å²) in [6, 6.07) is 0.378. The van der Waals surface area contributed by atoms with Crippen LogP contribution < -0.4 is 11.1 Å². The third-order valence-corrected chi connectivity index (χ3v) is 2.16. The van der Waals surface area contributed by atoms with Crippen LogP contribution in [0.1, 0.15) is 33.1 Å². The molecule has 0 aliphatic carbocycles. The summed E-state index contributed by atoms with van der Waals surface area (Å²) in [6.07, 6.45) is 2.47. The molecule has 70 valence electrons. The highest BCUT2D eigenvalue weighted by atomic mass is 16.1. The van der Waals surface area contributed by atoms with E-state index >= 15 is 0 Å². The van der Waals surface area contributed by atoms with Crippen LogP contribution in [0, 0.1) is 5.92 Å². The molecule has 1 amide bonds. The van der Waals surface area contributed by atoms with E-state index in [9.17, 15) is 4.79 Å². The second kappa shape index (κ2) is 3.90. The molecular weight excluding hydrogens is 152 g/mol. The maximum absolute atomic E-state index is 11.1. The van der Waals surface area contributed by atoms with Crippen LogP contribution in [0.25, 0.3) is 0 Å². The van der Waals surface area contributed by atoms with Gasteiger partial charge in [0.15, 0.2) is 0 Å². The fourth-order valence-electron chi connectivity index (χ4n) is 1.76. The molecule has 1 rings (SSSR count). The summed E-state index contributed by atoms with van der Waals surface area (Å²) >= 11 is 0. The zero-order chi connectivity index (χ0) is 9.14. The molecule has 2 atom stereocenters. The molecule has 2 unspecified atom stereocenters. The average Bonchev–Trinajstić information content (AvgIpc) is 1.81. The molecule has 0 bridgehead atoms. The van der Waals surface area contributed by atoms with Crippen LogP contribution in [0.15, 0.2) is 0 Å². The van der Waals surface area contributed by atoms with Crippen molar-refractivity contribution in [2.45, 2.75) is 45.2 Å². The van der Waals surface area contributed by atoms with Crippen LogP contribution in [0.4, 0.5) is 0 Å². The Bertz CT molecular complexity index is 166. The van der Waals surface area contributed by atoms with Gasteiger partial charge in [-0.15, -0.1) is 0 Å². The second-order valence-electron chi connectivity index (χ2n) is 4.09. The number of hydrogen-bond acceptors (Lipinski definition) is 2. The number of carbonyl (C=O) groups excluding carboxylic acids is 1. The van der Waals surface area contributed by atoms with Crippen LogP contribution in [0.2, 0.25) is 0 Å². The lowest BCUT2D eigenvalue weighted by Crippen LogP contribution is -2.47. The number of nitrogens with one attached hydrogen (secondary N) is 1. The van der Waals surface area contributed by atoms with Gasteiger partial charge in [-0.2, -0.15) is 0 Å². The van der Waals surface area contributed by atoms with Crippen molar-refractivity contribution in [1.82, 2.24) is 5.32 Å². The van der Waals surface area contributed by atoms with Gasteiger partial charge in [0, 0.05) is 18.5 Å². The number of piperidine rings is 1. The van der Waals surface area contributed by atoms with Crippen molar-refractivity contribution in [2.75, 3.05) is 0 Å². The van der Waals surface area contributed by atoms with E-state index in [1.54, 1.807) is 0 Å². The number of hydrogen-bond donors (Lipinski definition) is 2. The van der Waals surface area contributed by atoms with Gasteiger partial charge in [0.1, 0.15) is 0 Å². The Morgan fingerprint density at radius 3 is 2.83 bits per heavy atom. The van der Waals surface area contributed by atoms with E-state index in [-0.39, 0.29) is 11.9 Å². The first kappa shape index (κ1) is 9.52. The molecule has 1 fully saturated rings. The molecule has 1 heterocycles. The fraction of sp³-hybridized carbons (Fsp3) is 0.889. The molecule has 3 heteroatoms. The zero-order valence-electron chi connectivity index (χ0n) is 7.84. The van der Waals surface area contributed by atoms with E-state index in [2.05, 4.69) is 19.2 Å². The molecule has 0 saturated carbocycles. The lowest BCUT2D eigenvalue weighted by Gasteiger charge is -2.28. The van der Waals surface area contributed by atoms with Crippen molar-refractivity contribution in [3.63, 3.8) is 0 Å². The summed E-state index contributed by atoms with van der Waals surface area (Å²) in [5, 5.41) is 2.96. The Balaban J connectivity index is 2.39. The standard InChI is InChI=1S/C9H18N2O/c1-6(2)3-8-4-7(10)5-9(12)11-8/h6-8H,3-5,10H2,1-2H3,(H,11,12). The first-order valence-electron chi connectivity index (χ1n) is 4.63. The number of rotatable bonds is 2. The SMILES string of the molecule is CC(C)CC1CC(N)CC(=O)N1. The maximum Gasteiger partial charge on any atom is 0.221 e. The summed E-state index contributed by atoms with van der Waals surface area (Å²) in [5.41, 5.74) is 5.73. The van der Waals surface area contributed by atoms with E-state index in [1.165, 1.54) is 0 Å². The largest absolute Gasteiger partial charge is 0.353 e. The molecular formula is C9H18N2O. The van der Waals surface area contributed by atoms with Crippen LogP contribution in [0.3, 0.4) is 0 Å². The van der Waals surface area contributed by atoms with E-state index in [4.69, 9.17) is 5.73 Å². The number of nitrogens with two attached hydrogens (primary N) is 1. The smallest absolute Gasteiger partial charge is 0.221 e. The van der Waals surface area contributed by atoms with Gasteiger partial charge in [0.25, 0.3) is 0 Å². The Morgan fingerprint density at radius 2 is 2.33 bits per heavy atom. The van der Waals surface area contributed by atoms with Crippen molar-refractivity contribution in [2.24, 2.45) is 11.7 Å². The first-order chi connectivity index (χ1) is 5.58. The lowest BCUT2D eigenvalue weighted by atomic mass is 9.93. The second-order valence-corrected chi connectivity index (χ2v) is 4.09. The number of amides is 1. The summed E-state index contributed by atoms with van der Waals surface area (Å²) in [6.45, 7) is 4.32. The number of carbonyl (C=O) groups is 1. The van der Waals surface area contributed by atoms with E-state index in [1.807, 2.05) is 0 Å². The van der Waals surface area contributed by atoms with Gasteiger partial charge in [-0.05, 0) is 18.8 Å². The normalized spacial score (nSPS) is 30.5. The van der Waals surface area contributed by atoms with Gasteiger partial charge < -0.3 is 11.1 Å². The average molecular weight is 170 g/mol. The molecule has 0 spiro atoms. The minimum atomic E-state index is 0.0718. The fourth-order valence-corrected chi connectivity index (χ4v) is 1.76. The molecule has 1 saturated heterocycles. The predicted molar refractivity (Wildman–Crippen MR) is 48.6 cm³/mol. The summed E-state index contributed by atoms with van der Waals surface area (Å²) < 4.78 is 0. The quantitative estimate of drug-likeness (QED) is 0.639. The molecule has 0 aromatic rings. The van der Waals surface area contributed by atoms with Crippen molar-refractivity contribution in [1.29, 1.82) is 0 Å². The summed E-state index contributed by atoms with van der Waals surface area (Å²) in [5.74, 6) is 0.736. The Morgan fingerprint density at radius 1 is 1.67 bits per heavy atom. The Kier molecular flexibility index (Phi) is 3.09. The van der Waals surface area contributed by atoms with E-state index < -0.39 is 0 Å². The van der Waals surface area contributed by atoms with E-state index in [0.29, 0.717) is 18.4 Å². The predicted octanol–water partition coefficient (Wildman–Crippen LogP) is 0.638. The first-order valence-corrected chi connectivity index (χ1v) is 4.63. The minimum Gasteiger partial charge on any atom is -0.353 e. The molecule has 3 nitrogen and oxygen atoms in total. The van der Waals surface area contributed by atoms with Crippen molar-refractivity contribution in [3.05, 3.63) is 0 Å². The summed E-state index contributed by atoms with van der Waals surface area (Å²) in [7, 11) is 0. The molecule has 1 aliphatic rings. The molecule has 0 aromatic heterocycles. The highest BCUT2D eigenvalue weighted by Crippen LogP contribution is 2.14. The van der Waals surface area contributed by atoms with Crippen molar-refractivity contribution in [3.8, 4) is 0 Å². The zero-order valence-corrected chi connectivity index (χ0v) is 7.84. The van der Waals surface area contributed by atoms with Gasteiger partial charge in [-0.1, -0.05) is 13.8 Å². The van der Waals surface area contributed by atoms with Crippen molar-refractivity contribution < 1.29 is 4.79 Å². The topological polar surface area (TPSA) is 55.1 Å². The Hall–Kier alpha value is -0.570. The monoisotopic (exact) mass is 170 g/mol. The van der Waals surface area contributed by atoms with E-state index in [0.717, 1.165) is 12.8 Å². The van der Waals surface area contributed by atoms with Gasteiger partial charge in [0.2, 0.25) is 5.91 Å². The third-order valence-electron chi connectivity index (χ3n) is 2.16. The molecule has 1 aliphatic heterocycles. The Labute approximate surface area is 73.7 Å². The highest BCUT2D eigenvalue weighted by molar-refractivity contribution is 5.77. The van der Waals surface area contributed by atoms with Crippen LogP contribution in [-0.4, -0.2) is 18.0 Å². The van der Waals surface area contributed by atoms with Crippen LogP contribution in [-0.2, 0) is 4.79 Å². The molecule has 0 aromatic carbocycles. The van der Waals surface area contributed by atoms with Gasteiger partial charge in [-0.25, -0.2) is 0 Å². The lowest BCUT2D eigenvalue weighted by molar-refractivity contribution is -0.123. The maximum atomic E-state index is 11.1. The summed E-state index contributed by atoms with van der Waals surface area (Å²) in [4.78, 5) is 11.1. The molecule has 3 N–H and O–H groups in total. The molecule has 12 heavy (non-hydrogen) atoms. The van der Waals surface area contributed by atoms with Gasteiger partial charge >= 0.3 is 0 Å². The van der Waals surface area contributed by atoms with Crippen molar-refractivity contribution >= 4 is 5.91 Å². The van der Waals surface area contributed by atoms with Crippen LogP contribution >= 0.6 is 0 Å². The molecule has 0 radical (unpaired) electrons. The van der Waals surface area contributed by atoms with Gasteiger partial charge in [-0.3, -0.25) is 4.79 Å². The van der Waals surface area contributed by atoms with Gasteiger partial charge in [0.05, 0.1) is 0 Å². The third kappa shape index (κ3) is 2.81. The highest BCUT2D eigenvalue weighted by Gasteiger charge is 2.24. The minimum absolute atomic E-state index is 0.0718. The van der Waals surface area contributed by atoms with Crippen LogP contribution in [0.5, 0.6) is 0 Å².